The van der Waals surface area contributed by atoms with E-state index in [0.717, 1.165) is 25.1 Å². The molecule has 0 fully saturated rings. The molecule has 5 nitrogen and oxygen atoms in total. The van der Waals surface area contributed by atoms with Crippen molar-refractivity contribution in [2.24, 2.45) is 0 Å². The third-order valence-corrected chi connectivity index (χ3v) is 5.01. The normalized spacial score (nSPS) is 12.0. The summed E-state index contributed by atoms with van der Waals surface area (Å²) in [5.41, 5.74) is 6.97. The number of nitrogens with two attached hydrogens (primary N) is 1. The van der Waals surface area contributed by atoms with Gasteiger partial charge in [-0.25, -0.2) is 13.1 Å². The largest absolute Gasteiger partial charge is 0.399 e. The van der Waals surface area contributed by atoms with Gasteiger partial charge in [0.25, 0.3) is 0 Å². The number of aryl methyl sites for hydroxylation is 1. The molecule has 0 radical (unpaired) electrons. The lowest BCUT2D eigenvalue weighted by Gasteiger charge is -2.19. The Bertz CT molecular complexity index is 544. The van der Waals surface area contributed by atoms with E-state index in [1.165, 1.54) is 6.07 Å². The Morgan fingerprint density at radius 3 is 2.48 bits per heavy atom. The van der Waals surface area contributed by atoms with Crippen LogP contribution in [-0.2, 0) is 16.4 Å². The zero-order valence-electron chi connectivity index (χ0n) is 13.2. The van der Waals surface area contributed by atoms with E-state index in [1.807, 2.05) is 6.92 Å². The van der Waals surface area contributed by atoms with Crippen molar-refractivity contribution < 1.29 is 8.42 Å². The average Bonchev–Trinajstić information content (AvgIpc) is 2.46. The third-order valence-electron chi connectivity index (χ3n) is 3.47. The smallest absolute Gasteiger partial charge is 0.240 e. The Morgan fingerprint density at radius 1 is 1.19 bits per heavy atom. The van der Waals surface area contributed by atoms with Crippen LogP contribution < -0.4 is 10.5 Å². The van der Waals surface area contributed by atoms with Gasteiger partial charge in [0.15, 0.2) is 0 Å². The standard InChI is InChI=1S/C15H27N3O2S/c1-4-10-18(6-3)11-9-17-21(19,20)15-12-14(16)8-7-13(15)5-2/h7-8,12,17H,4-6,9-11,16H2,1-3H3. The van der Waals surface area contributed by atoms with Gasteiger partial charge >= 0.3 is 0 Å². The lowest BCUT2D eigenvalue weighted by molar-refractivity contribution is 0.293. The minimum Gasteiger partial charge on any atom is -0.399 e. The van der Waals surface area contributed by atoms with Gasteiger partial charge in [0.1, 0.15) is 0 Å². The maximum atomic E-state index is 12.4. The van der Waals surface area contributed by atoms with Crippen LogP contribution in [0.5, 0.6) is 0 Å². The summed E-state index contributed by atoms with van der Waals surface area (Å²) in [6.07, 6.45) is 1.73. The molecule has 3 N–H and O–H groups in total. The molecule has 0 aliphatic carbocycles. The molecule has 0 heterocycles. The molecule has 0 amide bonds. The first-order chi connectivity index (χ1) is 9.94. The lowest BCUT2D eigenvalue weighted by Crippen LogP contribution is -2.35. The van der Waals surface area contributed by atoms with Crippen molar-refractivity contribution in [1.29, 1.82) is 0 Å². The molecule has 1 aromatic rings. The summed E-state index contributed by atoms with van der Waals surface area (Å²) in [6, 6.07) is 5.04. The van der Waals surface area contributed by atoms with Crippen LogP contribution in [0.25, 0.3) is 0 Å². The maximum absolute atomic E-state index is 12.4. The Kier molecular flexibility index (Phi) is 7.14. The van der Waals surface area contributed by atoms with Crippen molar-refractivity contribution in [3.8, 4) is 0 Å². The van der Waals surface area contributed by atoms with Crippen LogP contribution in [0.2, 0.25) is 0 Å². The van der Waals surface area contributed by atoms with Crippen LogP contribution in [0.4, 0.5) is 5.69 Å². The monoisotopic (exact) mass is 313 g/mol. The maximum Gasteiger partial charge on any atom is 0.240 e. The predicted octanol–water partition coefficient (Wildman–Crippen LogP) is 1.84. The van der Waals surface area contributed by atoms with Crippen molar-refractivity contribution in [3.63, 3.8) is 0 Å². The second kappa shape index (κ2) is 8.36. The minimum absolute atomic E-state index is 0.295. The molecule has 0 saturated heterocycles. The number of nitrogen functional groups attached to an aromatic ring is 1. The molecule has 1 aromatic carbocycles. The van der Waals surface area contributed by atoms with Crippen LogP contribution in [0, 0.1) is 0 Å². The fraction of sp³-hybridized carbons (Fsp3) is 0.600. The summed E-state index contributed by atoms with van der Waals surface area (Å²) in [6.45, 7) is 9.17. The summed E-state index contributed by atoms with van der Waals surface area (Å²) in [7, 11) is -3.50. The molecular weight excluding hydrogens is 286 g/mol. The highest BCUT2D eigenvalue weighted by atomic mass is 32.2. The van der Waals surface area contributed by atoms with Crippen LogP contribution in [0.1, 0.15) is 32.8 Å². The molecule has 21 heavy (non-hydrogen) atoms. The van der Waals surface area contributed by atoms with Gasteiger partial charge in [0, 0.05) is 18.8 Å². The molecule has 0 saturated carbocycles. The van der Waals surface area contributed by atoms with Gasteiger partial charge in [-0.1, -0.05) is 26.8 Å². The van der Waals surface area contributed by atoms with E-state index in [4.69, 9.17) is 5.73 Å². The van der Waals surface area contributed by atoms with Crippen LogP contribution >= 0.6 is 0 Å². The Hall–Kier alpha value is -1.11. The second-order valence-corrected chi connectivity index (χ2v) is 6.79. The Morgan fingerprint density at radius 2 is 1.90 bits per heavy atom. The Labute approximate surface area is 128 Å². The van der Waals surface area contributed by atoms with Crippen LogP contribution in [0.15, 0.2) is 23.1 Å². The molecular formula is C15H27N3O2S. The van der Waals surface area contributed by atoms with Crippen molar-refractivity contribution >= 4 is 15.7 Å². The number of rotatable bonds is 9. The summed E-state index contributed by atoms with van der Waals surface area (Å²) in [5.74, 6) is 0. The minimum atomic E-state index is -3.50. The molecule has 0 bridgehead atoms. The van der Waals surface area contributed by atoms with E-state index in [2.05, 4.69) is 23.5 Å². The topological polar surface area (TPSA) is 75.4 Å². The number of nitrogens with zero attached hydrogens (tertiary/aromatic N) is 1. The fourth-order valence-electron chi connectivity index (χ4n) is 2.27. The first-order valence-corrected chi connectivity index (χ1v) is 9.03. The lowest BCUT2D eigenvalue weighted by atomic mass is 10.1. The van der Waals surface area contributed by atoms with Crippen LogP contribution in [-0.4, -0.2) is 39.5 Å². The number of anilines is 1. The van der Waals surface area contributed by atoms with Gasteiger partial charge in [0.05, 0.1) is 4.90 Å². The third kappa shape index (κ3) is 5.30. The van der Waals surface area contributed by atoms with E-state index in [0.29, 0.717) is 30.1 Å². The number of hydrogen-bond acceptors (Lipinski definition) is 4. The van der Waals surface area contributed by atoms with E-state index in [9.17, 15) is 8.42 Å². The summed E-state index contributed by atoms with van der Waals surface area (Å²) in [5, 5.41) is 0. The molecule has 0 unspecified atom stereocenters. The van der Waals surface area contributed by atoms with E-state index in [1.54, 1.807) is 12.1 Å². The molecule has 0 aliphatic rings. The van der Waals surface area contributed by atoms with Gasteiger partial charge in [-0.05, 0) is 43.6 Å². The van der Waals surface area contributed by atoms with Gasteiger partial charge in [-0.3, -0.25) is 0 Å². The fourth-order valence-corrected chi connectivity index (χ4v) is 3.64. The zero-order valence-corrected chi connectivity index (χ0v) is 14.0. The predicted molar refractivity (Wildman–Crippen MR) is 87.8 cm³/mol. The highest BCUT2D eigenvalue weighted by molar-refractivity contribution is 7.89. The molecule has 120 valence electrons. The SMILES string of the molecule is CCCN(CC)CCNS(=O)(=O)c1cc(N)ccc1CC. The van der Waals surface area contributed by atoms with Crippen molar-refractivity contribution in [2.75, 3.05) is 31.9 Å². The summed E-state index contributed by atoms with van der Waals surface area (Å²) in [4.78, 5) is 2.52. The van der Waals surface area contributed by atoms with Gasteiger partial charge in [-0.2, -0.15) is 0 Å². The first-order valence-electron chi connectivity index (χ1n) is 7.55. The van der Waals surface area contributed by atoms with Crippen LogP contribution in [0.3, 0.4) is 0 Å². The van der Waals surface area contributed by atoms with Crippen molar-refractivity contribution in [3.05, 3.63) is 23.8 Å². The molecule has 0 aliphatic heterocycles. The number of likely N-dealkylation sites (N-methyl/N-ethyl adjacent to an activating group) is 1. The molecule has 0 spiro atoms. The van der Waals surface area contributed by atoms with E-state index in [-0.39, 0.29) is 0 Å². The van der Waals surface area contributed by atoms with E-state index >= 15 is 0 Å². The number of benzene rings is 1. The van der Waals surface area contributed by atoms with E-state index < -0.39 is 10.0 Å². The van der Waals surface area contributed by atoms with Gasteiger partial charge in [0.2, 0.25) is 10.0 Å². The summed E-state index contributed by atoms with van der Waals surface area (Å²) < 4.78 is 27.5. The highest BCUT2D eigenvalue weighted by Crippen LogP contribution is 2.19. The van der Waals surface area contributed by atoms with Gasteiger partial charge in [-0.15, -0.1) is 0 Å². The van der Waals surface area contributed by atoms with Crippen molar-refractivity contribution in [2.45, 2.75) is 38.5 Å². The molecule has 0 aromatic heterocycles. The quantitative estimate of drug-likeness (QED) is 0.682. The second-order valence-electron chi connectivity index (χ2n) is 5.05. The first kappa shape index (κ1) is 17.9. The average molecular weight is 313 g/mol. The van der Waals surface area contributed by atoms with Crippen molar-refractivity contribution in [1.82, 2.24) is 9.62 Å². The number of hydrogen-bond donors (Lipinski definition) is 2. The highest BCUT2D eigenvalue weighted by Gasteiger charge is 2.18. The number of nitrogens with one attached hydrogen (secondary N) is 1. The van der Waals surface area contributed by atoms with Gasteiger partial charge < -0.3 is 10.6 Å². The summed E-state index contributed by atoms with van der Waals surface area (Å²) >= 11 is 0. The Balaban J connectivity index is 2.76. The molecule has 6 heteroatoms. The zero-order chi connectivity index (χ0) is 15.9. The number of sulfonamides is 1. The molecule has 0 atom stereocenters. The molecule has 1 rings (SSSR count).